The number of carbonyl (C=O) groups is 1. The van der Waals surface area contributed by atoms with Crippen LogP contribution in [-0.2, 0) is 15.0 Å². The molecular weight excluding hydrogens is 450 g/mol. The highest BCUT2D eigenvalue weighted by Gasteiger charge is 2.34. The maximum atomic E-state index is 13.0. The quantitative estimate of drug-likeness (QED) is 0.234. The van der Waals surface area contributed by atoms with Crippen molar-refractivity contribution in [3.63, 3.8) is 0 Å². The summed E-state index contributed by atoms with van der Waals surface area (Å²) in [6.07, 6.45) is 2.61. The lowest BCUT2D eigenvalue weighted by molar-refractivity contribution is -0.126. The van der Waals surface area contributed by atoms with Crippen LogP contribution in [0.1, 0.15) is 107 Å². The molecule has 202 valence electrons. The van der Waals surface area contributed by atoms with Crippen LogP contribution in [0.3, 0.4) is 0 Å². The molecule has 0 aliphatic carbocycles. The summed E-state index contributed by atoms with van der Waals surface area (Å²) >= 11 is 5.06. The fourth-order valence-corrected chi connectivity index (χ4v) is 5.61. The average molecular weight is 506 g/mol. The number of amides is 1. The van der Waals surface area contributed by atoms with Crippen LogP contribution in [0.15, 0.2) is 24.3 Å². The van der Waals surface area contributed by atoms with E-state index in [0.717, 1.165) is 19.3 Å². The molecule has 0 aromatic heterocycles. The summed E-state index contributed by atoms with van der Waals surface area (Å²) in [5.41, 5.74) is 8.17. The zero-order valence-corrected chi connectivity index (χ0v) is 25.6. The van der Waals surface area contributed by atoms with E-state index < -0.39 is 0 Å². The second-order valence-corrected chi connectivity index (χ2v) is 14.4. The van der Waals surface area contributed by atoms with E-state index in [0.29, 0.717) is 12.0 Å². The zero-order chi connectivity index (χ0) is 27.4. The van der Waals surface area contributed by atoms with Gasteiger partial charge in [-0.3, -0.25) is 4.79 Å². The van der Waals surface area contributed by atoms with Crippen LogP contribution in [0.2, 0.25) is 0 Å². The van der Waals surface area contributed by atoms with Crippen molar-refractivity contribution >= 4 is 18.5 Å². The number of carbonyl (C=O) groups excluding carboxylic acids is 1. The van der Waals surface area contributed by atoms with Crippen LogP contribution in [0.5, 0.6) is 0 Å². The molecule has 5 heteroatoms. The highest BCUT2D eigenvalue weighted by Crippen LogP contribution is 2.38. The summed E-state index contributed by atoms with van der Waals surface area (Å²) in [5.74, 6) is 0.828. The first kappa shape index (κ1) is 32.0. The first-order valence-corrected chi connectivity index (χ1v) is 13.8. The summed E-state index contributed by atoms with van der Waals surface area (Å²) in [4.78, 5) is 13.0. The fraction of sp³-hybridized carbons (Fsp3) is 0.767. The van der Waals surface area contributed by atoms with Crippen molar-refractivity contribution in [3.8, 4) is 0 Å². The van der Waals surface area contributed by atoms with Gasteiger partial charge in [0.15, 0.2) is 0 Å². The maximum absolute atomic E-state index is 13.0. The normalized spacial score (nSPS) is 18.3. The van der Waals surface area contributed by atoms with E-state index >= 15 is 0 Å². The lowest BCUT2D eigenvalue weighted by atomic mass is 9.75. The van der Waals surface area contributed by atoms with Crippen LogP contribution >= 0.6 is 12.6 Å². The smallest absolute Gasteiger partial charge is 0.223 e. The minimum atomic E-state index is -0.389. The number of benzene rings is 1. The molecule has 0 bridgehead atoms. The molecule has 1 aromatic carbocycles. The van der Waals surface area contributed by atoms with Gasteiger partial charge in [-0.05, 0) is 96.2 Å². The van der Waals surface area contributed by atoms with Crippen molar-refractivity contribution in [2.75, 3.05) is 7.05 Å². The number of thiol groups is 1. The molecule has 0 heterocycles. The van der Waals surface area contributed by atoms with Crippen LogP contribution in [0.25, 0.3) is 0 Å². The fourth-order valence-electron chi connectivity index (χ4n) is 5.07. The molecule has 0 radical (unpaired) electrons. The van der Waals surface area contributed by atoms with Gasteiger partial charge in [0.1, 0.15) is 0 Å². The minimum absolute atomic E-state index is 0.0808. The van der Waals surface area contributed by atoms with Crippen molar-refractivity contribution in [1.29, 1.82) is 0 Å². The van der Waals surface area contributed by atoms with E-state index in [4.69, 9.17) is 18.4 Å². The highest BCUT2D eigenvalue weighted by atomic mass is 32.1. The first-order chi connectivity index (χ1) is 15.7. The van der Waals surface area contributed by atoms with E-state index in [1.54, 1.807) is 0 Å². The Morgan fingerprint density at radius 1 is 0.943 bits per heavy atom. The third-order valence-corrected chi connectivity index (χ3v) is 8.52. The Morgan fingerprint density at radius 3 is 1.89 bits per heavy atom. The molecule has 4 nitrogen and oxygen atoms in total. The molecule has 1 amide bonds. The zero-order valence-electron chi connectivity index (χ0n) is 24.7. The van der Waals surface area contributed by atoms with E-state index in [2.05, 4.69) is 90.3 Å². The molecular formula is C30H55N3OS. The Balaban J connectivity index is 2.89. The third-order valence-electron chi connectivity index (χ3n) is 8.10. The molecule has 0 saturated carbocycles. The van der Waals surface area contributed by atoms with Gasteiger partial charge in [-0.1, -0.05) is 58.9 Å². The molecule has 4 N–H and O–H groups in total. The minimum Gasteiger partial charge on any atom is -0.351 e. The van der Waals surface area contributed by atoms with Gasteiger partial charge in [0.05, 0.1) is 0 Å². The highest BCUT2D eigenvalue weighted by molar-refractivity contribution is 7.81. The summed E-state index contributed by atoms with van der Waals surface area (Å²) in [7, 11) is 2.03. The number of hydrogen-bond donors (Lipinski definition) is 4. The summed E-state index contributed by atoms with van der Waals surface area (Å²) in [5, 5.41) is 6.66. The molecule has 0 saturated heterocycles. The summed E-state index contributed by atoms with van der Waals surface area (Å²) < 4.78 is -0.372. The van der Waals surface area contributed by atoms with Crippen LogP contribution in [0.4, 0.5) is 0 Å². The number of rotatable bonds is 13. The van der Waals surface area contributed by atoms with Gasteiger partial charge in [-0.25, -0.2) is 0 Å². The Kier molecular flexibility index (Phi) is 11.0. The standard InChI is InChI=1S/C30H55N3OS/c1-20(17-22(3)29(9,10)31)26(34)33-28(7,8)19-30(11,35)25-15-13-24(14-16-25)27(5,6)18-21(2)23(4)32-12/h13-16,20-23,32,35H,17-19,31H2,1-12H3,(H,33,34). The molecule has 1 rings (SSSR count). The third kappa shape index (κ3) is 9.74. The van der Waals surface area contributed by atoms with Crippen molar-refractivity contribution < 1.29 is 4.79 Å². The first-order valence-electron chi connectivity index (χ1n) is 13.3. The monoisotopic (exact) mass is 505 g/mol. The molecule has 0 fully saturated rings. The molecule has 0 aliphatic heterocycles. The van der Waals surface area contributed by atoms with Gasteiger partial charge >= 0.3 is 0 Å². The predicted molar refractivity (Wildman–Crippen MR) is 156 cm³/mol. The van der Waals surface area contributed by atoms with Crippen LogP contribution < -0.4 is 16.4 Å². The van der Waals surface area contributed by atoms with E-state index in [-0.39, 0.29) is 39.0 Å². The van der Waals surface area contributed by atoms with Crippen molar-refractivity contribution in [2.24, 2.45) is 23.5 Å². The van der Waals surface area contributed by atoms with Gasteiger partial charge in [0.2, 0.25) is 5.91 Å². The summed E-state index contributed by atoms with van der Waals surface area (Å²) in [6, 6.07) is 9.41. The van der Waals surface area contributed by atoms with Crippen molar-refractivity contribution in [3.05, 3.63) is 35.4 Å². The van der Waals surface area contributed by atoms with Crippen molar-refractivity contribution in [1.82, 2.24) is 10.6 Å². The second-order valence-electron chi connectivity index (χ2n) is 13.4. The number of nitrogens with two attached hydrogens (primary N) is 1. The Hall–Kier alpha value is -1.04. The molecule has 0 aliphatic rings. The van der Waals surface area contributed by atoms with Gasteiger partial charge in [-0.15, -0.1) is 0 Å². The van der Waals surface area contributed by atoms with Gasteiger partial charge in [0, 0.05) is 27.8 Å². The maximum Gasteiger partial charge on any atom is 0.223 e. The van der Waals surface area contributed by atoms with Crippen LogP contribution in [-0.4, -0.2) is 30.1 Å². The molecule has 1 aromatic rings. The van der Waals surface area contributed by atoms with Gasteiger partial charge < -0.3 is 16.4 Å². The Labute approximate surface area is 222 Å². The molecule has 0 spiro atoms. The molecule has 5 atom stereocenters. The topological polar surface area (TPSA) is 67.1 Å². The lowest BCUT2D eigenvalue weighted by Gasteiger charge is -2.37. The van der Waals surface area contributed by atoms with Crippen molar-refractivity contribution in [2.45, 2.75) is 123 Å². The SMILES string of the molecule is CNC(C)C(C)CC(C)(C)c1ccc(C(C)(S)CC(C)(C)NC(=O)C(C)CC(C)C(C)(C)N)cc1. The van der Waals surface area contributed by atoms with Gasteiger partial charge in [0.25, 0.3) is 0 Å². The number of hydrogen-bond acceptors (Lipinski definition) is 4. The number of nitrogens with one attached hydrogen (secondary N) is 2. The molecule has 5 unspecified atom stereocenters. The lowest BCUT2D eigenvalue weighted by Crippen LogP contribution is -2.49. The Bertz CT molecular complexity index is 808. The van der Waals surface area contributed by atoms with Gasteiger partial charge in [-0.2, -0.15) is 12.6 Å². The predicted octanol–water partition coefficient (Wildman–Crippen LogP) is 6.43. The summed E-state index contributed by atoms with van der Waals surface area (Å²) in [6.45, 7) is 23.7. The van der Waals surface area contributed by atoms with E-state index in [9.17, 15) is 4.79 Å². The van der Waals surface area contributed by atoms with Crippen LogP contribution in [0, 0.1) is 17.8 Å². The average Bonchev–Trinajstić information content (AvgIpc) is 2.70. The largest absolute Gasteiger partial charge is 0.351 e. The second kappa shape index (κ2) is 12.0. The van der Waals surface area contributed by atoms with E-state index in [1.165, 1.54) is 11.1 Å². The molecule has 35 heavy (non-hydrogen) atoms. The van der Waals surface area contributed by atoms with E-state index in [1.807, 2.05) is 27.8 Å². The Morgan fingerprint density at radius 2 is 1.43 bits per heavy atom.